The Morgan fingerprint density at radius 1 is 1.07 bits per heavy atom. The van der Waals surface area contributed by atoms with Crippen LogP contribution in [-0.2, 0) is 6.42 Å². The Bertz CT molecular complexity index is 950. The molecule has 0 saturated heterocycles. The van der Waals surface area contributed by atoms with E-state index in [0.29, 0.717) is 18.5 Å². The maximum atomic E-state index is 6.07. The fourth-order valence-electron chi connectivity index (χ4n) is 4.09. The first-order valence-electron chi connectivity index (χ1n) is 11.2. The normalized spacial score (nSPS) is 15.0. The maximum Gasteiger partial charge on any atom is 0.214 e. The molecule has 4 rings (SSSR count). The molecular weight excluding hydrogens is 378 g/mol. The number of aromatic nitrogens is 5. The standard InChI is InChI=1S/C23H31N5O2/c1-17(2)30-23-15-14-19-20(24-23)11-8-12-21(19)29-16-7-6-13-22-25-26-27-28(22)18-9-4-3-5-10-18/h8,11-12,14-15,17-18H,3-7,9-10,13,16H2,1-2H3. The van der Waals surface area contributed by atoms with Crippen LogP contribution in [0.1, 0.15) is 70.7 Å². The van der Waals surface area contributed by atoms with Gasteiger partial charge in [-0.05, 0) is 68.2 Å². The van der Waals surface area contributed by atoms with Crippen LogP contribution in [0.4, 0.5) is 0 Å². The third-order valence-corrected chi connectivity index (χ3v) is 5.56. The van der Waals surface area contributed by atoms with E-state index in [1.54, 1.807) is 0 Å². The monoisotopic (exact) mass is 409 g/mol. The second kappa shape index (κ2) is 9.87. The van der Waals surface area contributed by atoms with Crippen molar-refractivity contribution in [2.24, 2.45) is 0 Å². The van der Waals surface area contributed by atoms with Crippen LogP contribution < -0.4 is 9.47 Å². The van der Waals surface area contributed by atoms with Crippen LogP contribution in [0.25, 0.3) is 10.9 Å². The molecule has 0 atom stereocenters. The Labute approximate surface area is 177 Å². The molecule has 3 aromatic rings. The number of aryl methyl sites for hydroxylation is 1. The average Bonchev–Trinajstić information content (AvgIpc) is 3.22. The number of hydrogen-bond acceptors (Lipinski definition) is 6. The van der Waals surface area contributed by atoms with Gasteiger partial charge in [-0.1, -0.05) is 25.3 Å². The highest BCUT2D eigenvalue weighted by Gasteiger charge is 2.19. The van der Waals surface area contributed by atoms with Gasteiger partial charge in [0.2, 0.25) is 5.88 Å². The molecule has 1 fully saturated rings. The van der Waals surface area contributed by atoms with Gasteiger partial charge in [-0.25, -0.2) is 9.67 Å². The van der Waals surface area contributed by atoms with Crippen molar-refractivity contribution in [3.63, 3.8) is 0 Å². The summed E-state index contributed by atoms with van der Waals surface area (Å²) in [5.74, 6) is 2.52. The van der Waals surface area contributed by atoms with Crippen LogP contribution in [0.5, 0.6) is 11.6 Å². The molecule has 1 aliphatic carbocycles. The van der Waals surface area contributed by atoms with Gasteiger partial charge in [-0.15, -0.1) is 5.10 Å². The summed E-state index contributed by atoms with van der Waals surface area (Å²) in [4.78, 5) is 4.58. The van der Waals surface area contributed by atoms with Gasteiger partial charge in [-0.2, -0.15) is 0 Å². The van der Waals surface area contributed by atoms with Gasteiger partial charge in [0.1, 0.15) is 5.75 Å². The van der Waals surface area contributed by atoms with Crippen molar-refractivity contribution in [3.8, 4) is 11.6 Å². The van der Waals surface area contributed by atoms with Gasteiger partial charge in [0, 0.05) is 17.9 Å². The predicted octanol–water partition coefficient (Wildman–Crippen LogP) is 4.92. The first-order chi connectivity index (χ1) is 14.7. The molecule has 2 aromatic heterocycles. The Balaban J connectivity index is 1.29. The summed E-state index contributed by atoms with van der Waals surface area (Å²) in [5.41, 5.74) is 0.886. The molecule has 1 aliphatic rings. The van der Waals surface area contributed by atoms with Crippen molar-refractivity contribution in [2.75, 3.05) is 6.61 Å². The zero-order chi connectivity index (χ0) is 20.8. The van der Waals surface area contributed by atoms with Crippen molar-refractivity contribution < 1.29 is 9.47 Å². The quantitative estimate of drug-likeness (QED) is 0.467. The molecule has 0 unspecified atom stereocenters. The van der Waals surface area contributed by atoms with Crippen molar-refractivity contribution in [3.05, 3.63) is 36.2 Å². The van der Waals surface area contributed by atoms with Crippen LogP contribution in [0.2, 0.25) is 0 Å². The number of rotatable bonds is 9. The minimum atomic E-state index is 0.105. The van der Waals surface area contributed by atoms with E-state index in [0.717, 1.165) is 41.7 Å². The van der Waals surface area contributed by atoms with Gasteiger partial charge in [0.25, 0.3) is 0 Å². The zero-order valence-electron chi connectivity index (χ0n) is 18.0. The first-order valence-corrected chi connectivity index (χ1v) is 11.2. The van der Waals surface area contributed by atoms with Crippen LogP contribution in [0.15, 0.2) is 30.3 Å². The van der Waals surface area contributed by atoms with E-state index < -0.39 is 0 Å². The molecule has 160 valence electrons. The van der Waals surface area contributed by atoms with E-state index in [-0.39, 0.29) is 6.10 Å². The second-order valence-electron chi connectivity index (χ2n) is 8.28. The molecule has 0 amide bonds. The van der Waals surface area contributed by atoms with Crippen molar-refractivity contribution in [1.29, 1.82) is 0 Å². The third kappa shape index (κ3) is 5.07. The average molecular weight is 410 g/mol. The van der Waals surface area contributed by atoms with Crippen LogP contribution >= 0.6 is 0 Å². The van der Waals surface area contributed by atoms with Crippen LogP contribution in [0, 0.1) is 0 Å². The van der Waals surface area contributed by atoms with Gasteiger partial charge >= 0.3 is 0 Å². The molecule has 2 heterocycles. The molecule has 0 spiro atoms. The van der Waals surface area contributed by atoms with Crippen LogP contribution in [-0.4, -0.2) is 37.9 Å². The highest BCUT2D eigenvalue weighted by atomic mass is 16.5. The molecule has 0 bridgehead atoms. The van der Waals surface area contributed by atoms with Crippen molar-refractivity contribution >= 4 is 10.9 Å². The summed E-state index contributed by atoms with van der Waals surface area (Å²) in [6.45, 7) is 4.66. The minimum Gasteiger partial charge on any atom is -0.493 e. The highest BCUT2D eigenvalue weighted by molar-refractivity contribution is 5.85. The molecule has 7 heteroatoms. The predicted molar refractivity (Wildman–Crippen MR) is 116 cm³/mol. The van der Waals surface area contributed by atoms with E-state index in [1.165, 1.54) is 32.1 Å². The van der Waals surface area contributed by atoms with Crippen molar-refractivity contribution in [1.82, 2.24) is 25.2 Å². The Hall–Kier alpha value is -2.70. The molecule has 0 N–H and O–H groups in total. The number of hydrogen-bond donors (Lipinski definition) is 0. The van der Waals surface area contributed by atoms with E-state index >= 15 is 0 Å². The number of unbranched alkanes of at least 4 members (excludes halogenated alkanes) is 1. The van der Waals surface area contributed by atoms with Gasteiger partial charge in [0.15, 0.2) is 5.82 Å². The summed E-state index contributed by atoms with van der Waals surface area (Å²) in [5, 5.41) is 13.4. The van der Waals surface area contributed by atoms with Crippen molar-refractivity contribution in [2.45, 2.75) is 77.4 Å². The maximum absolute atomic E-state index is 6.07. The fourth-order valence-corrected chi connectivity index (χ4v) is 4.09. The van der Waals surface area contributed by atoms with Gasteiger partial charge in [0.05, 0.1) is 24.3 Å². The van der Waals surface area contributed by atoms with E-state index in [1.807, 2.05) is 44.2 Å². The summed E-state index contributed by atoms with van der Waals surface area (Å²) < 4.78 is 13.8. The topological polar surface area (TPSA) is 75.0 Å². The van der Waals surface area contributed by atoms with E-state index in [4.69, 9.17) is 9.47 Å². The fraction of sp³-hybridized carbons (Fsp3) is 0.565. The smallest absolute Gasteiger partial charge is 0.214 e. The van der Waals surface area contributed by atoms with E-state index in [9.17, 15) is 0 Å². The van der Waals surface area contributed by atoms with Gasteiger partial charge < -0.3 is 9.47 Å². The molecule has 7 nitrogen and oxygen atoms in total. The molecule has 1 aromatic carbocycles. The number of ether oxygens (including phenoxy) is 2. The van der Waals surface area contributed by atoms with Gasteiger partial charge in [-0.3, -0.25) is 0 Å². The molecule has 1 saturated carbocycles. The number of tetrazole rings is 1. The molecule has 30 heavy (non-hydrogen) atoms. The first kappa shape index (κ1) is 20.6. The Morgan fingerprint density at radius 2 is 1.93 bits per heavy atom. The SMILES string of the molecule is CC(C)Oc1ccc2c(OCCCCc3nnnn3C3CCCCC3)cccc2n1. The zero-order valence-corrected chi connectivity index (χ0v) is 18.0. The number of nitrogens with zero attached hydrogens (tertiary/aromatic N) is 5. The summed E-state index contributed by atoms with van der Waals surface area (Å²) in [6.07, 6.45) is 9.24. The molecular formula is C23H31N5O2. The molecule has 0 aliphatic heterocycles. The largest absolute Gasteiger partial charge is 0.493 e. The lowest BCUT2D eigenvalue weighted by Crippen LogP contribution is -2.17. The summed E-state index contributed by atoms with van der Waals surface area (Å²) in [7, 11) is 0. The Morgan fingerprint density at radius 3 is 2.77 bits per heavy atom. The second-order valence-corrected chi connectivity index (χ2v) is 8.28. The third-order valence-electron chi connectivity index (χ3n) is 5.56. The Kier molecular flexibility index (Phi) is 6.77. The summed E-state index contributed by atoms with van der Waals surface area (Å²) >= 11 is 0. The minimum absolute atomic E-state index is 0.105. The van der Waals surface area contributed by atoms with E-state index in [2.05, 4.69) is 25.2 Å². The number of fused-ring (bicyclic) bond motifs is 1. The van der Waals surface area contributed by atoms with Crippen LogP contribution in [0.3, 0.4) is 0 Å². The lowest BCUT2D eigenvalue weighted by molar-refractivity contribution is 0.233. The molecule has 0 radical (unpaired) electrons. The lowest BCUT2D eigenvalue weighted by atomic mass is 9.95. The number of benzene rings is 1. The number of pyridine rings is 1. The summed E-state index contributed by atoms with van der Waals surface area (Å²) in [6, 6.07) is 10.4. The highest BCUT2D eigenvalue weighted by Crippen LogP contribution is 2.29. The lowest BCUT2D eigenvalue weighted by Gasteiger charge is -2.22.